The molecule has 7 heteroatoms. The van der Waals surface area contributed by atoms with E-state index in [1.165, 1.54) is 22.9 Å². The van der Waals surface area contributed by atoms with Crippen molar-refractivity contribution in [3.8, 4) is 5.69 Å². The summed E-state index contributed by atoms with van der Waals surface area (Å²) in [6, 6.07) is 5.05. The average molecular weight is 377 g/mol. The summed E-state index contributed by atoms with van der Waals surface area (Å²) in [6.07, 6.45) is -4.53. The maximum Gasteiger partial charge on any atom is 0.418 e. The van der Waals surface area contributed by atoms with Gasteiger partial charge in [-0.2, -0.15) is 13.2 Å². The highest BCUT2D eigenvalue weighted by atomic mass is 79.9. The van der Waals surface area contributed by atoms with Gasteiger partial charge in [-0.25, -0.2) is 4.68 Å². The van der Waals surface area contributed by atoms with E-state index in [-0.39, 0.29) is 10.2 Å². The molecule has 0 fully saturated rings. The third-order valence-corrected chi connectivity index (χ3v) is 4.07. The summed E-state index contributed by atoms with van der Waals surface area (Å²) < 4.78 is 42.4. The van der Waals surface area contributed by atoms with Crippen LogP contribution in [0.2, 0.25) is 0 Å². The van der Waals surface area contributed by atoms with E-state index in [1.54, 1.807) is 7.05 Å². The average Bonchev–Trinajstić information content (AvgIpc) is 2.58. The number of alkyl halides is 3. The second-order valence-corrected chi connectivity index (χ2v) is 6.86. The topological polar surface area (TPSA) is 26.9 Å². The van der Waals surface area contributed by atoms with Crippen molar-refractivity contribution in [2.75, 3.05) is 0 Å². The highest BCUT2D eigenvalue weighted by Crippen LogP contribution is 2.35. The van der Waals surface area contributed by atoms with Crippen LogP contribution in [0.3, 0.4) is 0 Å². The summed E-state index contributed by atoms with van der Waals surface area (Å²) >= 11 is 3.22. The predicted octanol–water partition coefficient (Wildman–Crippen LogP) is 4.25. The van der Waals surface area contributed by atoms with Gasteiger partial charge in [0.25, 0.3) is 5.56 Å². The lowest BCUT2D eigenvalue weighted by atomic mass is 9.92. The zero-order valence-corrected chi connectivity index (χ0v) is 14.2. The molecule has 2 aromatic rings. The summed E-state index contributed by atoms with van der Waals surface area (Å²) in [5, 5.41) is 0. The van der Waals surface area contributed by atoms with Crippen molar-refractivity contribution in [1.82, 2.24) is 9.36 Å². The van der Waals surface area contributed by atoms with Gasteiger partial charge in [0.15, 0.2) is 0 Å². The Labute approximate surface area is 134 Å². The van der Waals surface area contributed by atoms with Gasteiger partial charge in [0.05, 0.1) is 16.9 Å². The highest BCUT2D eigenvalue weighted by molar-refractivity contribution is 9.10. The first kappa shape index (κ1) is 16.9. The van der Waals surface area contributed by atoms with Gasteiger partial charge < -0.3 is 0 Å². The van der Waals surface area contributed by atoms with Crippen molar-refractivity contribution < 1.29 is 13.2 Å². The maximum atomic E-state index is 13.2. The van der Waals surface area contributed by atoms with Gasteiger partial charge >= 0.3 is 6.18 Å². The normalized spacial score (nSPS) is 12.7. The standard InChI is InChI=1S/C15H16BrF3N2O/c1-14(2,3)12-11(16)13(22)21(20(12)4)10-8-6-5-7-9(10)15(17,18)19/h5-8H,1-4H3. The SMILES string of the molecule is Cn1c(C(C)(C)C)c(Br)c(=O)n1-c1ccccc1C(F)(F)F. The molecule has 0 saturated carbocycles. The number of rotatable bonds is 1. The summed E-state index contributed by atoms with van der Waals surface area (Å²) in [7, 11) is 1.58. The Balaban J connectivity index is 2.85. The van der Waals surface area contributed by atoms with E-state index < -0.39 is 22.7 Å². The maximum absolute atomic E-state index is 13.2. The minimum atomic E-state index is -4.53. The molecule has 0 bridgehead atoms. The van der Waals surface area contributed by atoms with Crippen LogP contribution >= 0.6 is 15.9 Å². The predicted molar refractivity (Wildman–Crippen MR) is 82.4 cm³/mol. The second kappa shape index (κ2) is 5.30. The molecule has 22 heavy (non-hydrogen) atoms. The quantitative estimate of drug-likeness (QED) is 0.730. The van der Waals surface area contributed by atoms with Crippen molar-refractivity contribution in [3.05, 3.63) is 50.3 Å². The van der Waals surface area contributed by atoms with Gasteiger partial charge in [-0.3, -0.25) is 9.48 Å². The molecule has 2 rings (SSSR count). The second-order valence-electron chi connectivity index (χ2n) is 6.07. The third kappa shape index (κ3) is 2.74. The molecule has 1 aromatic carbocycles. The third-order valence-electron chi connectivity index (χ3n) is 3.36. The fourth-order valence-corrected chi connectivity index (χ4v) is 3.58. The van der Waals surface area contributed by atoms with E-state index in [2.05, 4.69) is 15.9 Å². The summed E-state index contributed by atoms with van der Waals surface area (Å²) in [4.78, 5) is 12.5. The Kier molecular flexibility index (Phi) is 4.06. The molecule has 0 spiro atoms. The molecule has 120 valence electrons. The molecule has 1 aromatic heterocycles. The van der Waals surface area contributed by atoms with Crippen LogP contribution in [-0.2, 0) is 18.6 Å². The number of hydrogen-bond acceptors (Lipinski definition) is 1. The van der Waals surface area contributed by atoms with E-state index in [9.17, 15) is 18.0 Å². The molecular weight excluding hydrogens is 361 g/mol. The van der Waals surface area contributed by atoms with Crippen molar-refractivity contribution in [2.45, 2.75) is 32.4 Å². The van der Waals surface area contributed by atoms with Crippen molar-refractivity contribution >= 4 is 15.9 Å². The van der Waals surface area contributed by atoms with E-state index in [0.717, 1.165) is 10.7 Å². The van der Waals surface area contributed by atoms with Crippen LogP contribution in [0, 0.1) is 0 Å². The zero-order valence-electron chi connectivity index (χ0n) is 12.6. The minimum Gasteiger partial charge on any atom is -0.283 e. The molecular formula is C15H16BrF3N2O. The largest absolute Gasteiger partial charge is 0.418 e. The molecule has 0 radical (unpaired) electrons. The number of aromatic nitrogens is 2. The molecule has 0 unspecified atom stereocenters. The molecule has 0 atom stereocenters. The Morgan fingerprint density at radius 1 is 1.09 bits per heavy atom. The number of para-hydroxylation sites is 1. The Hall–Kier alpha value is -1.50. The molecule has 1 heterocycles. The number of halogens is 4. The monoisotopic (exact) mass is 376 g/mol. The van der Waals surface area contributed by atoms with Crippen LogP contribution in [0.1, 0.15) is 32.0 Å². The molecule has 0 amide bonds. The van der Waals surface area contributed by atoms with E-state index in [1.807, 2.05) is 20.8 Å². The Bertz CT molecular complexity index is 767. The van der Waals surface area contributed by atoms with E-state index in [4.69, 9.17) is 0 Å². The van der Waals surface area contributed by atoms with Gasteiger partial charge in [0, 0.05) is 12.5 Å². The van der Waals surface area contributed by atoms with E-state index >= 15 is 0 Å². The first-order valence-electron chi connectivity index (χ1n) is 6.61. The van der Waals surface area contributed by atoms with Gasteiger partial charge in [0.1, 0.15) is 4.47 Å². The van der Waals surface area contributed by atoms with Crippen LogP contribution in [0.4, 0.5) is 13.2 Å². The van der Waals surface area contributed by atoms with Crippen molar-refractivity contribution in [1.29, 1.82) is 0 Å². The lowest BCUT2D eigenvalue weighted by Crippen LogP contribution is -2.24. The van der Waals surface area contributed by atoms with Gasteiger partial charge in [-0.05, 0) is 28.1 Å². The summed E-state index contributed by atoms with van der Waals surface area (Å²) in [5.41, 5.74) is -1.30. The lowest BCUT2D eigenvalue weighted by molar-refractivity contribution is -0.137. The number of nitrogens with zero attached hydrogens (tertiary/aromatic N) is 2. The number of benzene rings is 1. The zero-order chi connectivity index (χ0) is 16.9. The smallest absolute Gasteiger partial charge is 0.283 e. The van der Waals surface area contributed by atoms with Crippen LogP contribution in [0.5, 0.6) is 0 Å². The molecule has 0 aliphatic rings. The van der Waals surface area contributed by atoms with Crippen LogP contribution in [-0.4, -0.2) is 9.36 Å². The Morgan fingerprint density at radius 3 is 2.09 bits per heavy atom. The van der Waals surface area contributed by atoms with Crippen molar-refractivity contribution in [2.24, 2.45) is 7.05 Å². The van der Waals surface area contributed by atoms with E-state index in [0.29, 0.717) is 5.69 Å². The highest BCUT2D eigenvalue weighted by Gasteiger charge is 2.35. The van der Waals surface area contributed by atoms with Gasteiger partial charge in [-0.1, -0.05) is 32.9 Å². The summed E-state index contributed by atoms with van der Waals surface area (Å²) in [5.74, 6) is 0. The van der Waals surface area contributed by atoms with Crippen molar-refractivity contribution in [3.63, 3.8) is 0 Å². The van der Waals surface area contributed by atoms with Gasteiger partial charge in [0.2, 0.25) is 0 Å². The van der Waals surface area contributed by atoms with Crippen LogP contribution in [0.15, 0.2) is 33.5 Å². The fraction of sp³-hybridized carbons (Fsp3) is 0.400. The van der Waals surface area contributed by atoms with Crippen LogP contribution in [0.25, 0.3) is 5.69 Å². The molecule has 3 nitrogen and oxygen atoms in total. The first-order chi connectivity index (χ1) is 9.96. The van der Waals surface area contributed by atoms with Gasteiger partial charge in [-0.15, -0.1) is 0 Å². The fourth-order valence-electron chi connectivity index (χ4n) is 2.56. The minimum absolute atomic E-state index is 0.182. The molecule has 0 aliphatic carbocycles. The first-order valence-corrected chi connectivity index (χ1v) is 7.40. The molecule has 0 aliphatic heterocycles. The number of hydrogen-bond donors (Lipinski definition) is 0. The Morgan fingerprint density at radius 2 is 1.64 bits per heavy atom. The molecule has 0 saturated heterocycles. The lowest BCUT2D eigenvalue weighted by Gasteiger charge is -2.22. The van der Waals surface area contributed by atoms with Crippen LogP contribution < -0.4 is 5.56 Å². The summed E-state index contributed by atoms with van der Waals surface area (Å²) in [6.45, 7) is 5.69. The molecule has 0 N–H and O–H groups in total.